The van der Waals surface area contributed by atoms with Gasteiger partial charge in [-0.1, -0.05) is 0 Å². The van der Waals surface area contributed by atoms with Crippen LogP contribution in [0.5, 0.6) is 0 Å². The van der Waals surface area contributed by atoms with Crippen molar-refractivity contribution in [2.24, 2.45) is 11.5 Å². The highest BCUT2D eigenvalue weighted by atomic mass is 79.9. The van der Waals surface area contributed by atoms with Crippen LogP contribution in [0.3, 0.4) is 0 Å². The third-order valence-electron chi connectivity index (χ3n) is 3.22. The van der Waals surface area contributed by atoms with Gasteiger partial charge in [0.2, 0.25) is 0 Å². The van der Waals surface area contributed by atoms with Gasteiger partial charge in [-0.15, -0.1) is 11.3 Å². The molecule has 0 aliphatic heterocycles. The average molecular weight is 364 g/mol. The minimum atomic E-state index is -0.332. The molecule has 3 aromatic heterocycles. The maximum atomic E-state index is 6.22. The van der Waals surface area contributed by atoms with Crippen molar-refractivity contribution in [3.05, 3.63) is 40.1 Å². The van der Waals surface area contributed by atoms with Crippen molar-refractivity contribution in [1.82, 2.24) is 15.0 Å². The van der Waals surface area contributed by atoms with E-state index < -0.39 is 0 Å². The van der Waals surface area contributed by atoms with Gasteiger partial charge in [-0.05, 0) is 35.0 Å². The number of thiophene rings is 1. The number of hydrogen-bond acceptors (Lipinski definition) is 6. The van der Waals surface area contributed by atoms with Gasteiger partial charge in [0.15, 0.2) is 5.82 Å². The average Bonchev–Trinajstić information content (AvgIpc) is 2.88. The van der Waals surface area contributed by atoms with Gasteiger partial charge in [0.1, 0.15) is 0 Å². The third kappa shape index (κ3) is 2.69. The molecule has 3 aromatic rings. The first-order valence-corrected chi connectivity index (χ1v) is 8.11. The van der Waals surface area contributed by atoms with Crippen molar-refractivity contribution >= 4 is 37.5 Å². The SMILES string of the molecule is CC(N)C(N)c1nc(-c2ccncc2)nc2c(Br)csc12. The summed E-state index contributed by atoms with van der Waals surface area (Å²) in [4.78, 5) is 13.3. The van der Waals surface area contributed by atoms with Crippen LogP contribution in [0.2, 0.25) is 0 Å². The predicted molar refractivity (Wildman–Crippen MR) is 88.9 cm³/mol. The molecule has 2 atom stereocenters. The summed E-state index contributed by atoms with van der Waals surface area (Å²) >= 11 is 5.10. The molecule has 0 bridgehead atoms. The molecular weight excluding hydrogens is 350 g/mol. The molecule has 0 saturated carbocycles. The van der Waals surface area contributed by atoms with E-state index >= 15 is 0 Å². The highest BCUT2D eigenvalue weighted by Gasteiger charge is 2.20. The highest BCUT2D eigenvalue weighted by Crippen LogP contribution is 2.34. The van der Waals surface area contributed by atoms with E-state index in [9.17, 15) is 0 Å². The lowest BCUT2D eigenvalue weighted by Gasteiger charge is -2.16. The first-order valence-electron chi connectivity index (χ1n) is 6.44. The van der Waals surface area contributed by atoms with Crippen LogP contribution in [0, 0.1) is 0 Å². The van der Waals surface area contributed by atoms with Crippen molar-refractivity contribution < 1.29 is 0 Å². The molecule has 0 aromatic carbocycles. The number of fused-ring (bicyclic) bond motifs is 1. The van der Waals surface area contributed by atoms with Gasteiger partial charge in [0, 0.05) is 29.4 Å². The smallest absolute Gasteiger partial charge is 0.160 e. The molecule has 0 aliphatic rings. The van der Waals surface area contributed by atoms with E-state index in [0.717, 1.165) is 25.9 Å². The van der Waals surface area contributed by atoms with Crippen LogP contribution in [-0.2, 0) is 0 Å². The number of nitrogens with zero attached hydrogens (tertiary/aromatic N) is 3. The molecule has 0 aliphatic carbocycles. The monoisotopic (exact) mass is 363 g/mol. The van der Waals surface area contributed by atoms with Crippen molar-refractivity contribution in [2.75, 3.05) is 0 Å². The fraction of sp³-hybridized carbons (Fsp3) is 0.214. The standard InChI is InChI=1S/C14H14BrN5S/c1-7(16)10(17)12-13-11(9(15)6-21-13)19-14(20-12)8-2-4-18-5-3-8/h2-7,10H,16-17H2,1H3. The van der Waals surface area contributed by atoms with Crippen LogP contribution in [0.15, 0.2) is 34.4 Å². The van der Waals surface area contributed by atoms with Crippen molar-refractivity contribution in [2.45, 2.75) is 19.0 Å². The Balaban J connectivity index is 2.26. The van der Waals surface area contributed by atoms with Crippen LogP contribution in [0.25, 0.3) is 21.6 Å². The Hall–Kier alpha value is -1.41. The molecule has 108 valence electrons. The number of halogens is 1. The zero-order chi connectivity index (χ0) is 15.0. The van der Waals surface area contributed by atoms with Crippen LogP contribution in [0.1, 0.15) is 18.7 Å². The summed E-state index contributed by atoms with van der Waals surface area (Å²) in [5.74, 6) is 0.634. The molecular formula is C14H14BrN5S. The summed E-state index contributed by atoms with van der Waals surface area (Å²) in [7, 11) is 0. The molecule has 3 rings (SSSR count). The largest absolute Gasteiger partial charge is 0.326 e. The molecule has 2 unspecified atom stereocenters. The summed E-state index contributed by atoms with van der Waals surface area (Å²) in [6.45, 7) is 1.88. The molecule has 0 amide bonds. The summed E-state index contributed by atoms with van der Waals surface area (Å²) in [6, 6.07) is 3.24. The topological polar surface area (TPSA) is 90.7 Å². The predicted octanol–water partition coefficient (Wildman–Crippen LogP) is 2.86. The molecule has 0 fully saturated rings. The number of rotatable bonds is 3. The van der Waals surface area contributed by atoms with Gasteiger partial charge in [-0.2, -0.15) is 0 Å². The van der Waals surface area contributed by atoms with E-state index in [-0.39, 0.29) is 12.1 Å². The highest BCUT2D eigenvalue weighted by molar-refractivity contribution is 9.10. The first kappa shape index (κ1) is 14.5. The third-order valence-corrected chi connectivity index (χ3v) is 5.12. The fourth-order valence-corrected chi connectivity index (χ4v) is 3.62. The molecule has 5 nitrogen and oxygen atoms in total. The lowest BCUT2D eigenvalue weighted by Crippen LogP contribution is -2.32. The maximum Gasteiger partial charge on any atom is 0.160 e. The summed E-state index contributed by atoms with van der Waals surface area (Å²) in [6.07, 6.45) is 3.44. The first-order chi connectivity index (χ1) is 10.1. The van der Waals surface area contributed by atoms with E-state index in [1.54, 1.807) is 23.7 Å². The Bertz CT molecular complexity index is 772. The fourth-order valence-electron chi connectivity index (χ4n) is 2.02. The maximum absolute atomic E-state index is 6.22. The van der Waals surface area contributed by atoms with E-state index in [2.05, 4.69) is 30.9 Å². The van der Waals surface area contributed by atoms with Gasteiger partial charge >= 0.3 is 0 Å². The second kappa shape index (κ2) is 5.76. The van der Waals surface area contributed by atoms with Crippen LogP contribution in [0.4, 0.5) is 0 Å². The van der Waals surface area contributed by atoms with Gasteiger partial charge in [0.25, 0.3) is 0 Å². The minimum Gasteiger partial charge on any atom is -0.326 e. The minimum absolute atomic E-state index is 0.186. The van der Waals surface area contributed by atoms with Crippen LogP contribution >= 0.6 is 27.3 Å². The number of nitrogens with two attached hydrogens (primary N) is 2. The van der Waals surface area contributed by atoms with Gasteiger partial charge in [0.05, 0.1) is 26.4 Å². The van der Waals surface area contributed by atoms with Crippen molar-refractivity contribution in [1.29, 1.82) is 0 Å². The lowest BCUT2D eigenvalue weighted by atomic mass is 10.1. The molecule has 7 heteroatoms. The molecule has 3 heterocycles. The molecule has 21 heavy (non-hydrogen) atoms. The van der Waals surface area contributed by atoms with Crippen LogP contribution < -0.4 is 11.5 Å². The van der Waals surface area contributed by atoms with Gasteiger partial charge in [-0.25, -0.2) is 9.97 Å². The number of pyridine rings is 1. The van der Waals surface area contributed by atoms with E-state index in [0.29, 0.717) is 5.82 Å². The molecule has 4 N–H and O–H groups in total. The van der Waals surface area contributed by atoms with Crippen molar-refractivity contribution in [3.8, 4) is 11.4 Å². The van der Waals surface area contributed by atoms with Gasteiger partial charge in [-0.3, -0.25) is 4.98 Å². The Morgan fingerprint density at radius 2 is 1.90 bits per heavy atom. The summed E-state index contributed by atoms with van der Waals surface area (Å²) in [5.41, 5.74) is 14.7. The Morgan fingerprint density at radius 3 is 2.57 bits per heavy atom. The van der Waals surface area contributed by atoms with Crippen LogP contribution in [-0.4, -0.2) is 21.0 Å². The quantitative estimate of drug-likeness (QED) is 0.746. The molecule has 0 spiro atoms. The number of hydrogen-bond donors (Lipinski definition) is 2. The lowest BCUT2D eigenvalue weighted by molar-refractivity contribution is 0.579. The van der Waals surface area contributed by atoms with E-state index in [1.807, 2.05) is 24.4 Å². The second-order valence-electron chi connectivity index (χ2n) is 4.81. The van der Waals surface area contributed by atoms with Crippen molar-refractivity contribution in [3.63, 3.8) is 0 Å². The van der Waals surface area contributed by atoms with E-state index in [1.165, 1.54) is 0 Å². The number of aromatic nitrogens is 3. The Morgan fingerprint density at radius 1 is 1.19 bits per heavy atom. The molecule has 0 radical (unpaired) electrons. The summed E-state index contributed by atoms with van der Waals surface area (Å²) in [5, 5.41) is 1.99. The Kier molecular flexibility index (Phi) is 3.99. The second-order valence-corrected chi connectivity index (χ2v) is 6.55. The summed E-state index contributed by atoms with van der Waals surface area (Å²) < 4.78 is 1.92. The van der Waals surface area contributed by atoms with E-state index in [4.69, 9.17) is 11.5 Å². The Labute approximate surface area is 134 Å². The van der Waals surface area contributed by atoms with Gasteiger partial charge < -0.3 is 11.5 Å². The zero-order valence-corrected chi connectivity index (χ0v) is 13.7. The normalized spacial score (nSPS) is 14.3. The zero-order valence-electron chi connectivity index (χ0n) is 11.3. The molecule has 0 saturated heterocycles.